The van der Waals surface area contributed by atoms with Crippen LogP contribution in [0.5, 0.6) is 5.75 Å². The summed E-state index contributed by atoms with van der Waals surface area (Å²) in [7, 11) is 0. The van der Waals surface area contributed by atoms with E-state index in [1.807, 2.05) is 11.4 Å². The molecule has 6 heteroatoms. The van der Waals surface area contributed by atoms with Crippen LogP contribution < -0.4 is 10.5 Å². The van der Waals surface area contributed by atoms with Crippen molar-refractivity contribution < 1.29 is 9.13 Å². The maximum Gasteiger partial charge on any atom is 0.145 e. The molecule has 0 aliphatic heterocycles. The van der Waals surface area contributed by atoms with Crippen LogP contribution in [0.2, 0.25) is 0 Å². The van der Waals surface area contributed by atoms with Crippen LogP contribution in [0.15, 0.2) is 38.6 Å². The van der Waals surface area contributed by atoms with Crippen molar-refractivity contribution in [2.75, 3.05) is 6.54 Å². The fourth-order valence-electron chi connectivity index (χ4n) is 1.43. The number of hydrogen-bond acceptors (Lipinski definition) is 3. The van der Waals surface area contributed by atoms with Gasteiger partial charge < -0.3 is 10.5 Å². The summed E-state index contributed by atoms with van der Waals surface area (Å²) in [6.07, 6.45) is -0.262. The van der Waals surface area contributed by atoms with E-state index in [-0.39, 0.29) is 11.9 Å². The molecule has 1 atom stereocenters. The zero-order chi connectivity index (χ0) is 13.1. The topological polar surface area (TPSA) is 35.2 Å². The molecule has 2 N–H and O–H groups in total. The fourth-order valence-corrected chi connectivity index (χ4v) is 3.17. The van der Waals surface area contributed by atoms with Crippen LogP contribution in [0.4, 0.5) is 4.39 Å². The van der Waals surface area contributed by atoms with E-state index in [1.54, 1.807) is 23.5 Å². The summed E-state index contributed by atoms with van der Waals surface area (Å²) < 4.78 is 20.5. The Bertz CT molecular complexity index is 547. The zero-order valence-corrected chi connectivity index (χ0v) is 13.2. The van der Waals surface area contributed by atoms with Crippen LogP contribution in [0.1, 0.15) is 11.0 Å². The third-order valence-electron chi connectivity index (χ3n) is 2.29. The van der Waals surface area contributed by atoms with Crippen molar-refractivity contribution in [3.05, 3.63) is 49.3 Å². The first-order chi connectivity index (χ1) is 8.60. The summed E-state index contributed by atoms with van der Waals surface area (Å²) in [5, 5.41) is 1.96. The summed E-state index contributed by atoms with van der Waals surface area (Å²) in [6.45, 7) is 0.338. The summed E-state index contributed by atoms with van der Waals surface area (Å²) in [4.78, 5) is 1.01. The van der Waals surface area contributed by atoms with E-state index in [9.17, 15) is 4.39 Å². The predicted octanol–water partition coefficient (Wildman–Crippen LogP) is 4.49. The Morgan fingerprint density at radius 2 is 2.11 bits per heavy atom. The molecule has 1 heterocycles. The Labute approximate surface area is 125 Å². The van der Waals surface area contributed by atoms with E-state index < -0.39 is 0 Å². The van der Waals surface area contributed by atoms with Gasteiger partial charge in [0.15, 0.2) is 0 Å². The zero-order valence-electron chi connectivity index (χ0n) is 9.20. The van der Waals surface area contributed by atoms with E-state index in [0.29, 0.717) is 16.8 Å². The minimum atomic E-state index is -0.351. The van der Waals surface area contributed by atoms with E-state index in [2.05, 4.69) is 31.9 Å². The first-order valence-electron chi connectivity index (χ1n) is 5.16. The van der Waals surface area contributed by atoms with Crippen LogP contribution in [-0.4, -0.2) is 6.54 Å². The molecule has 0 saturated heterocycles. The quantitative estimate of drug-likeness (QED) is 0.828. The second-order valence-corrected chi connectivity index (χ2v) is 6.30. The molecule has 18 heavy (non-hydrogen) atoms. The molecule has 0 amide bonds. The van der Waals surface area contributed by atoms with Gasteiger partial charge in [-0.3, -0.25) is 0 Å². The summed E-state index contributed by atoms with van der Waals surface area (Å²) in [5.74, 6) is 0.117. The van der Waals surface area contributed by atoms with Gasteiger partial charge >= 0.3 is 0 Å². The molecule has 1 aromatic carbocycles. The highest BCUT2D eigenvalue weighted by Gasteiger charge is 2.14. The van der Waals surface area contributed by atoms with Gasteiger partial charge in [-0.15, -0.1) is 11.3 Å². The van der Waals surface area contributed by atoms with Gasteiger partial charge in [0.05, 0.1) is 4.47 Å². The molecule has 1 aromatic heterocycles. The minimum Gasteiger partial charge on any atom is -0.483 e. The van der Waals surface area contributed by atoms with Crippen LogP contribution in [0, 0.1) is 5.82 Å². The smallest absolute Gasteiger partial charge is 0.145 e. The van der Waals surface area contributed by atoms with Crippen LogP contribution >= 0.6 is 43.2 Å². The maximum absolute atomic E-state index is 13.4. The van der Waals surface area contributed by atoms with Crippen LogP contribution in [-0.2, 0) is 0 Å². The second kappa shape index (κ2) is 6.14. The van der Waals surface area contributed by atoms with Gasteiger partial charge in [0, 0.05) is 27.3 Å². The highest BCUT2D eigenvalue weighted by Crippen LogP contribution is 2.30. The summed E-state index contributed by atoms with van der Waals surface area (Å²) in [5.41, 5.74) is 5.69. The monoisotopic (exact) mass is 393 g/mol. The lowest BCUT2D eigenvalue weighted by molar-refractivity contribution is 0.217. The van der Waals surface area contributed by atoms with Gasteiger partial charge in [0.2, 0.25) is 0 Å². The molecular weight excluding hydrogens is 385 g/mol. The molecule has 0 fully saturated rings. The van der Waals surface area contributed by atoms with Crippen molar-refractivity contribution in [2.45, 2.75) is 6.10 Å². The molecule has 0 aliphatic carbocycles. The SMILES string of the molecule is NCC(Oc1ccc(Br)c(F)c1)c1cc(Br)cs1. The molecule has 0 spiro atoms. The van der Waals surface area contributed by atoms with Gasteiger partial charge in [-0.05, 0) is 50.1 Å². The van der Waals surface area contributed by atoms with Gasteiger partial charge in [0.1, 0.15) is 17.7 Å². The number of hydrogen-bond donors (Lipinski definition) is 1. The second-order valence-electron chi connectivity index (χ2n) is 3.59. The molecule has 96 valence electrons. The molecule has 0 aliphatic rings. The lowest BCUT2D eigenvalue weighted by Gasteiger charge is -2.16. The fraction of sp³-hybridized carbons (Fsp3) is 0.167. The van der Waals surface area contributed by atoms with Crippen LogP contribution in [0.25, 0.3) is 0 Å². The average Bonchev–Trinajstić information content (AvgIpc) is 2.77. The lowest BCUT2D eigenvalue weighted by atomic mass is 10.3. The Morgan fingerprint density at radius 1 is 1.33 bits per heavy atom. The molecule has 1 unspecified atom stereocenters. The number of rotatable bonds is 4. The highest BCUT2D eigenvalue weighted by atomic mass is 79.9. The average molecular weight is 395 g/mol. The van der Waals surface area contributed by atoms with Gasteiger partial charge in [0.25, 0.3) is 0 Å². The first-order valence-corrected chi connectivity index (χ1v) is 7.62. The molecule has 2 aromatic rings. The minimum absolute atomic E-state index is 0.262. The third-order valence-corrected chi connectivity index (χ3v) is 4.72. The predicted molar refractivity (Wildman–Crippen MR) is 78.5 cm³/mol. The Kier molecular flexibility index (Phi) is 4.77. The van der Waals surface area contributed by atoms with E-state index in [1.165, 1.54) is 6.07 Å². The number of ether oxygens (including phenoxy) is 1. The molecule has 0 bridgehead atoms. The normalized spacial score (nSPS) is 12.4. The van der Waals surface area contributed by atoms with Gasteiger partial charge in [-0.1, -0.05) is 0 Å². The van der Waals surface area contributed by atoms with Crippen molar-refractivity contribution >= 4 is 43.2 Å². The molecule has 2 rings (SSSR count). The highest BCUT2D eigenvalue weighted by molar-refractivity contribution is 9.10. The van der Waals surface area contributed by atoms with Gasteiger partial charge in [-0.25, -0.2) is 4.39 Å². The van der Waals surface area contributed by atoms with Gasteiger partial charge in [-0.2, -0.15) is 0 Å². The summed E-state index contributed by atoms with van der Waals surface area (Å²) in [6, 6.07) is 6.62. The Balaban J connectivity index is 2.17. The standard InChI is InChI=1S/C12H10Br2FNOS/c13-7-3-12(18-6-7)11(5-16)17-8-1-2-9(14)10(15)4-8/h1-4,6,11H,5,16H2. The number of thiophene rings is 1. The van der Waals surface area contributed by atoms with Crippen molar-refractivity contribution in [1.82, 2.24) is 0 Å². The van der Waals surface area contributed by atoms with E-state index >= 15 is 0 Å². The van der Waals surface area contributed by atoms with Crippen LogP contribution in [0.3, 0.4) is 0 Å². The third kappa shape index (κ3) is 3.32. The van der Waals surface area contributed by atoms with Crippen molar-refractivity contribution in [2.24, 2.45) is 5.73 Å². The van der Waals surface area contributed by atoms with Crippen molar-refractivity contribution in [3.63, 3.8) is 0 Å². The Morgan fingerprint density at radius 3 is 2.67 bits per heavy atom. The number of halogens is 3. The van der Waals surface area contributed by atoms with E-state index in [4.69, 9.17) is 10.5 Å². The largest absolute Gasteiger partial charge is 0.483 e. The van der Waals surface area contributed by atoms with Crippen molar-refractivity contribution in [1.29, 1.82) is 0 Å². The lowest BCUT2D eigenvalue weighted by Crippen LogP contribution is -2.17. The maximum atomic E-state index is 13.4. The molecular formula is C12H10Br2FNOS. The molecule has 0 radical (unpaired) electrons. The first kappa shape index (κ1) is 14.0. The van der Waals surface area contributed by atoms with E-state index in [0.717, 1.165) is 9.35 Å². The number of nitrogens with two attached hydrogens (primary N) is 1. The summed E-state index contributed by atoms with van der Waals surface area (Å²) >= 11 is 8.04. The number of benzene rings is 1. The van der Waals surface area contributed by atoms with Crippen molar-refractivity contribution in [3.8, 4) is 5.75 Å². The molecule has 2 nitrogen and oxygen atoms in total. The Hall–Kier alpha value is -0.430. The molecule has 0 saturated carbocycles.